The normalized spacial score (nSPS) is 21.1. The van der Waals surface area contributed by atoms with E-state index in [0.717, 1.165) is 30.1 Å². The first kappa shape index (κ1) is 15.5. The maximum absolute atomic E-state index is 11.7. The van der Waals surface area contributed by atoms with Crippen molar-refractivity contribution in [3.63, 3.8) is 0 Å². The van der Waals surface area contributed by atoms with E-state index in [4.69, 9.17) is 5.11 Å². The van der Waals surface area contributed by atoms with E-state index < -0.39 is 12.0 Å². The SMILES string of the molecule is CSCC[C@H](NC(=O)NC1CCCSC1)C(=O)O. The summed E-state index contributed by atoms with van der Waals surface area (Å²) in [5.74, 6) is 1.80. The smallest absolute Gasteiger partial charge is 0.326 e. The highest BCUT2D eigenvalue weighted by atomic mass is 32.2. The Balaban J connectivity index is 2.32. The second-order valence-electron chi connectivity index (χ2n) is 4.20. The number of nitrogens with one attached hydrogen (secondary N) is 2. The van der Waals surface area contributed by atoms with Gasteiger partial charge in [0.1, 0.15) is 6.04 Å². The topological polar surface area (TPSA) is 78.4 Å². The van der Waals surface area contributed by atoms with Crippen LogP contribution in [0.3, 0.4) is 0 Å². The quantitative estimate of drug-likeness (QED) is 0.689. The minimum atomic E-state index is -0.975. The van der Waals surface area contributed by atoms with Gasteiger partial charge in [-0.25, -0.2) is 9.59 Å². The van der Waals surface area contributed by atoms with E-state index in [1.165, 1.54) is 0 Å². The lowest BCUT2D eigenvalue weighted by molar-refractivity contribution is -0.139. The molecule has 104 valence electrons. The number of aliphatic carboxylic acids is 1. The van der Waals surface area contributed by atoms with E-state index in [1.54, 1.807) is 11.8 Å². The fourth-order valence-electron chi connectivity index (χ4n) is 1.73. The van der Waals surface area contributed by atoms with E-state index in [2.05, 4.69) is 10.6 Å². The molecule has 0 aromatic carbocycles. The van der Waals surface area contributed by atoms with Crippen LogP contribution in [-0.4, -0.2) is 52.7 Å². The first-order valence-corrected chi connectivity index (χ1v) is 8.55. The molecule has 0 spiro atoms. The fourth-order valence-corrected chi connectivity index (χ4v) is 3.28. The molecule has 0 bridgehead atoms. The van der Waals surface area contributed by atoms with Crippen molar-refractivity contribution in [3.05, 3.63) is 0 Å². The van der Waals surface area contributed by atoms with Gasteiger partial charge < -0.3 is 15.7 Å². The molecule has 0 aromatic rings. The second kappa shape index (κ2) is 8.53. The number of urea groups is 1. The van der Waals surface area contributed by atoms with Crippen LogP contribution < -0.4 is 10.6 Å². The van der Waals surface area contributed by atoms with Crippen molar-refractivity contribution in [2.24, 2.45) is 0 Å². The van der Waals surface area contributed by atoms with Gasteiger partial charge in [0.05, 0.1) is 0 Å². The highest BCUT2D eigenvalue weighted by Gasteiger charge is 2.21. The maximum Gasteiger partial charge on any atom is 0.326 e. The van der Waals surface area contributed by atoms with Gasteiger partial charge in [0.2, 0.25) is 0 Å². The molecule has 1 fully saturated rings. The summed E-state index contributed by atoms with van der Waals surface area (Å²) in [6, 6.07) is -0.997. The summed E-state index contributed by atoms with van der Waals surface area (Å²) in [4.78, 5) is 22.7. The molecule has 1 aliphatic heterocycles. The zero-order chi connectivity index (χ0) is 13.4. The van der Waals surface area contributed by atoms with Crippen molar-refractivity contribution in [1.29, 1.82) is 0 Å². The van der Waals surface area contributed by atoms with Crippen molar-refractivity contribution < 1.29 is 14.7 Å². The van der Waals surface area contributed by atoms with Crippen molar-refractivity contribution in [3.8, 4) is 0 Å². The van der Waals surface area contributed by atoms with Crippen LogP contribution in [0.5, 0.6) is 0 Å². The molecular formula is C11H20N2O3S2. The Morgan fingerprint density at radius 3 is 2.89 bits per heavy atom. The maximum atomic E-state index is 11.7. The monoisotopic (exact) mass is 292 g/mol. The lowest BCUT2D eigenvalue weighted by atomic mass is 10.2. The second-order valence-corrected chi connectivity index (χ2v) is 6.34. The third-order valence-corrected chi connectivity index (χ3v) is 4.57. The zero-order valence-corrected chi connectivity index (χ0v) is 12.1. The lowest BCUT2D eigenvalue weighted by Crippen LogP contribution is -2.50. The van der Waals surface area contributed by atoms with E-state index in [0.29, 0.717) is 6.42 Å². The molecule has 5 nitrogen and oxygen atoms in total. The number of hydrogen-bond acceptors (Lipinski definition) is 4. The number of carboxylic acids is 1. The Bertz CT molecular complexity index is 283. The molecule has 1 rings (SSSR count). The Labute approximate surface area is 116 Å². The van der Waals surface area contributed by atoms with Crippen LogP contribution >= 0.6 is 23.5 Å². The lowest BCUT2D eigenvalue weighted by Gasteiger charge is -2.23. The summed E-state index contributed by atoms with van der Waals surface area (Å²) in [6.45, 7) is 0. The molecule has 0 radical (unpaired) electrons. The predicted molar refractivity (Wildman–Crippen MR) is 76.4 cm³/mol. The number of carbonyl (C=O) groups excluding carboxylic acids is 1. The molecule has 1 unspecified atom stereocenters. The molecule has 2 atom stereocenters. The van der Waals surface area contributed by atoms with E-state index >= 15 is 0 Å². The van der Waals surface area contributed by atoms with E-state index in [1.807, 2.05) is 18.0 Å². The fraction of sp³-hybridized carbons (Fsp3) is 0.818. The average Bonchev–Trinajstić information content (AvgIpc) is 2.35. The average molecular weight is 292 g/mol. The molecule has 18 heavy (non-hydrogen) atoms. The number of carbonyl (C=O) groups is 2. The van der Waals surface area contributed by atoms with Crippen LogP contribution in [0.15, 0.2) is 0 Å². The molecule has 7 heteroatoms. The zero-order valence-electron chi connectivity index (χ0n) is 10.5. The van der Waals surface area contributed by atoms with Crippen LogP contribution in [-0.2, 0) is 4.79 Å². The molecule has 3 N–H and O–H groups in total. The van der Waals surface area contributed by atoms with Gasteiger partial charge in [-0.2, -0.15) is 23.5 Å². The summed E-state index contributed by atoms with van der Waals surface area (Å²) < 4.78 is 0. The van der Waals surface area contributed by atoms with Gasteiger partial charge in [-0.15, -0.1) is 0 Å². The summed E-state index contributed by atoms with van der Waals surface area (Å²) in [6.07, 6.45) is 4.44. The third kappa shape index (κ3) is 5.86. The molecule has 1 aliphatic rings. The van der Waals surface area contributed by atoms with Crippen molar-refractivity contribution in [1.82, 2.24) is 10.6 Å². The number of hydrogen-bond donors (Lipinski definition) is 3. The third-order valence-electron chi connectivity index (χ3n) is 2.71. The molecule has 1 saturated heterocycles. The summed E-state index contributed by atoms with van der Waals surface area (Å²) in [5.41, 5.74) is 0. The van der Waals surface area contributed by atoms with Gasteiger partial charge in [-0.1, -0.05) is 0 Å². The number of rotatable bonds is 6. The van der Waals surface area contributed by atoms with Gasteiger partial charge in [-0.05, 0) is 37.0 Å². The van der Waals surface area contributed by atoms with Gasteiger partial charge in [0.25, 0.3) is 0 Å². The van der Waals surface area contributed by atoms with Crippen LogP contribution in [0.4, 0.5) is 4.79 Å². The molecule has 0 aliphatic carbocycles. The standard InChI is InChI=1S/C11H20N2O3S2/c1-17-6-4-9(10(14)15)13-11(16)12-8-3-2-5-18-7-8/h8-9H,2-7H2,1H3,(H,14,15)(H2,12,13,16)/t8?,9-/m0/s1. The van der Waals surface area contributed by atoms with Crippen LogP contribution in [0.25, 0.3) is 0 Å². The molecule has 0 saturated carbocycles. The molecule has 0 aromatic heterocycles. The first-order chi connectivity index (χ1) is 8.63. The Morgan fingerprint density at radius 1 is 1.56 bits per heavy atom. The van der Waals surface area contributed by atoms with E-state index in [9.17, 15) is 9.59 Å². The minimum absolute atomic E-state index is 0.166. The number of carboxylic acid groups (broad SMARTS) is 1. The van der Waals surface area contributed by atoms with Crippen LogP contribution in [0.1, 0.15) is 19.3 Å². The Kier molecular flexibility index (Phi) is 7.34. The van der Waals surface area contributed by atoms with Crippen LogP contribution in [0, 0.1) is 0 Å². The number of thioether (sulfide) groups is 2. The highest BCUT2D eigenvalue weighted by Crippen LogP contribution is 2.16. The van der Waals surface area contributed by atoms with Gasteiger partial charge in [0.15, 0.2) is 0 Å². The summed E-state index contributed by atoms with van der Waals surface area (Å²) in [5, 5.41) is 14.4. The van der Waals surface area contributed by atoms with Gasteiger partial charge >= 0.3 is 12.0 Å². The van der Waals surface area contributed by atoms with Crippen LogP contribution in [0.2, 0.25) is 0 Å². The first-order valence-electron chi connectivity index (χ1n) is 6.00. The van der Waals surface area contributed by atoms with E-state index in [-0.39, 0.29) is 12.1 Å². The van der Waals surface area contributed by atoms with Gasteiger partial charge in [-0.3, -0.25) is 0 Å². The largest absolute Gasteiger partial charge is 0.480 e. The van der Waals surface area contributed by atoms with Crippen molar-refractivity contribution in [2.45, 2.75) is 31.3 Å². The Hall–Kier alpha value is -0.560. The molecular weight excluding hydrogens is 272 g/mol. The molecule has 1 heterocycles. The predicted octanol–water partition coefficient (Wildman–Crippen LogP) is 1.39. The summed E-state index contributed by atoms with van der Waals surface area (Å²) in [7, 11) is 0. The Morgan fingerprint density at radius 2 is 2.33 bits per heavy atom. The van der Waals surface area contributed by atoms with Gasteiger partial charge in [0, 0.05) is 11.8 Å². The van der Waals surface area contributed by atoms with Crippen molar-refractivity contribution >= 4 is 35.5 Å². The number of amides is 2. The van der Waals surface area contributed by atoms with Crippen molar-refractivity contribution in [2.75, 3.05) is 23.5 Å². The molecule has 2 amide bonds. The highest BCUT2D eigenvalue weighted by molar-refractivity contribution is 7.99. The minimum Gasteiger partial charge on any atom is -0.480 e. The summed E-state index contributed by atoms with van der Waals surface area (Å²) >= 11 is 3.39.